The van der Waals surface area contributed by atoms with Crippen molar-refractivity contribution < 1.29 is 14.2 Å². The Kier molecular flexibility index (Phi) is 3.40. The van der Waals surface area contributed by atoms with Gasteiger partial charge in [0.05, 0.1) is 13.7 Å². The average Bonchev–Trinajstić information content (AvgIpc) is 2.38. The van der Waals surface area contributed by atoms with Gasteiger partial charge in [0, 0.05) is 0 Å². The molecule has 2 aromatic carbocycles. The Balaban J connectivity index is 2.49. The zero-order chi connectivity index (χ0) is 12.3. The highest BCUT2D eigenvalue weighted by atomic mass is 19.1. The van der Waals surface area contributed by atoms with E-state index < -0.39 is 5.82 Å². The third-order valence-electron chi connectivity index (χ3n) is 2.65. The molecule has 0 bridgehead atoms. The molecule has 2 nitrogen and oxygen atoms in total. The van der Waals surface area contributed by atoms with E-state index in [9.17, 15) is 9.50 Å². The largest absolute Gasteiger partial charge is 0.494 e. The van der Waals surface area contributed by atoms with E-state index in [4.69, 9.17) is 4.74 Å². The number of rotatable bonds is 3. The number of hydrogen-bond donors (Lipinski definition) is 1. The Morgan fingerprint density at radius 1 is 1.18 bits per heavy atom. The lowest BCUT2D eigenvalue weighted by molar-refractivity contribution is 0.282. The van der Waals surface area contributed by atoms with Crippen LogP contribution in [0.4, 0.5) is 4.39 Å². The third-order valence-corrected chi connectivity index (χ3v) is 2.65. The molecule has 2 rings (SSSR count). The van der Waals surface area contributed by atoms with Gasteiger partial charge in [-0.3, -0.25) is 0 Å². The Bertz CT molecular complexity index is 523. The molecule has 0 saturated carbocycles. The van der Waals surface area contributed by atoms with E-state index in [2.05, 4.69) is 0 Å². The second kappa shape index (κ2) is 4.97. The molecule has 0 radical (unpaired) electrons. The van der Waals surface area contributed by atoms with E-state index in [1.807, 2.05) is 24.3 Å². The summed E-state index contributed by atoms with van der Waals surface area (Å²) in [6.07, 6.45) is 0. The molecule has 0 aliphatic heterocycles. The summed E-state index contributed by atoms with van der Waals surface area (Å²) in [6.45, 7) is -0.0657. The molecule has 0 aliphatic carbocycles. The second-order valence-electron chi connectivity index (χ2n) is 3.66. The highest BCUT2D eigenvalue weighted by Crippen LogP contribution is 2.27. The number of methoxy groups -OCH3 is 1. The van der Waals surface area contributed by atoms with Gasteiger partial charge in [0.15, 0.2) is 11.6 Å². The summed E-state index contributed by atoms with van der Waals surface area (Å²) in [7, 11) is 1.43. The van der Waals surface area contributed by atoms with Crippen LogP contribution in [0.2, 0.25) is 0 Å². The molecule has 0 heterocycles. The summed E-state index contributed by atoms with van der Waals surface area (Å²) in [5, 5.41) is 9.23. The second-order valence-corrected chi connectivity index (χ2v) is 3.66. The topological polar surface area (TPSA) is 29.5 Å². The molecule has 88 valence electrons. The maximum atomic E-state index is 13.6. The first-order valence-corrected chi connectivity index (χ1v) is 5.29. The normalized spacial score (nSPS) is 10.3. The summed E-state index contributed by atoms with van der Waals surface area (Å²) in [4.78, 5) is 0. The third kappa shape index (κ3) is 2.29. The minimum atomic E-state index is -0.405. The summed E-state index contributed by atoms with van der Waals surface area (Å²) in [5.74, 6) is -0.187. The smallest absolute Gasteiger partial charge is 0.165 e. The van der Waals surface area contributed by atoms with Crippen molar-refractivity contribution in [1.82, 2.24) is 0 Å². The highest BCUT2D eigenvalue weighted by molar-refractivity contribution is 5.68. The van der Waals surface area contributed by atoms with E-state index in [-0.39, 0.29) is 12.4 Å². The van der Waals surface area contributed by atoms with E-state index in [1.54, 1.807) is 12.1 Å². The Hall–Kier alpha value is -1.87. The first-order chi connectivity index (χ1) is 8.26. The average molecular weight is 232 g/mol. The van der Waals surface area contributed by atoms with Crippen molar-refractivity contribution >= 4 is 0 Å². The minimum absolute atomic E-state index is 0.0657. The Labute approximate surface area is 99.3 Å². The Morgan fingerprint density at radius 2 is 1.94 bits per heavy atom. The predicted molar refractivity (Wildman–Crippen MR) is 64.3 cm³/mol. The van der Waals surface area contributed by atoms with Gasteiger partial charge in [0.1, 0.15) is 0 Å². The molecule has 0 unspecified atom stereocenters. The van der Waals surface area contributed by atoms with Crippen molar-refractivity contribution in [3.05, 3.63) is 53.8 Å². The first-order valence-electron chi connectivity index (χ1n) is 5.29. The SMILES string of the molecule is COc1ccc(-c2ccccc2CO)cc1F. The van der Waals surface area contributed by atoms with E-state index in [0.717, 1.165) is 16.7 Å². The maximum absolute atomic E-state index is 13.6. The fourth-order valence-corrected chi connectivity index (χ4v) is 1.77. The van der Waals surface area contributed by atoms with Gasteiger partial charge in [0.25, 0.3) is 0 Å². The standard InChI is InChI=1S/C14H13FO2/c1-17-14-7-6-10(8-13(14)15)12-5-3-2-4-11(12)9-16/h2-8,16H,9H2,1H3. The van der Waals surface area contributed by atoms with Gasteiger partial charge in [-0.1, -0.05) is 30.3 Å². The van der Waals surface area contributed by atoms with Crippen molar-refractivity contribution in [3.8, 4) is 16.9 Å². The van der Waals surface area contributed by atoms with Crippen molar-refractivity contribution in [2.75, 3.05) is 7.11 Å². The molecule has 0 spiro atoms. The van der Waals surface area contributed by atoms with Gasteiger partial charge in [-0.05, 0) is 28.8 Å². The van der Waals surface area contributed by atoms with Crippen LogP contribution in [-0.4, -0.2) is 12.2 Å². The van der Waals surface area contributed by atoms with Crippen LogP contribution >= 0.6 is 0 Å². The summed E-state index contributed by atoms with van der Waals surface area (Å²) in [6, 6.07) is 12.1. The number of halogens is 1. The lowest BCUT2D eigenvalue weighted by Crippen LogP contribution is -1.92. The number of hydrogen-bond acceptors (Lipinski definition) is 2. The number of benzene rings is 2. The zero-order valence-electron chi connectivity index (χ0n) is 9.48. The summed E-state index contributed by atoms with van der Waals surface area (Å²) < 4.78 is 18.5. The van der Waals surface area contributed by atoms with Crippen LogP contribution in [0.25, 0.3) is 11.1 Å². The molecule has 1 N–H and O–H groups in total. The monoisotopic (exact) mass is 232 g/mol. The highest BCUT2D eigenvalue weighted by Gasteiger charge is 2.07. The maximum Gasteiger partial charge on any atom is 0.165 e. The molecule has 0 aromatic heterocycles. The minimum Gasteiger partial charge on any atom is -0.494 e. The van der Waals surface area contributed by atoms with Crippen LogP contribution < -0.4 is 4.74 Å². The fourth-order valence-electron chi connectivity index (χ4n) is 1.77. The van der Waals surface area contributed by atoms with Gasteiger partial charge in [-0.25, -0.2) is 4.39 Å². The van der Waals surface area contributed by atoms with E-state index >= 15 is 0 Å². The van der Waals surface area contributed by atoms with Crippen LogP contribution in [0.5, 0.6) is 5.75 Å². The van der Waals surface area contributed by atoms with Crippen LogP contribution in [0.1, 0.15) is 5.56 Å². The molecular weight excluding hydrogens is 219 g/mol. The molecule has 3 heteroatoms. The van der Waals surface area contributed by atoms with E-state index in [1.165, 1.54) is 13.2 Å². The van der Waals surface area contributed by atoms with Crippen molar-refractivity contribution in [1.29, 1.82) is 0 Å². The molecule has 0 aliphatic rings. The van der Waals surface area contributed by atoms with Crippen LogP contribution in [0, 0.1) is 5.82 Å². The van der Waals surface area contributed by atoms with Crippen LogP contribution in [-0.2, 0) is 6.61 Å². The molecule has 0 amide bonds. The first kappa shape index (κ1) is 11.6. The van der Waals surface area contributed by atoms with Gasteiger partial charge in [-0.2, -0.15) is 0 Å². The van der Waals surface area contributed by atoms with Gasteiger partial charge < -0.3 is 9.84 Å². The molecule has 0 fully saturated rings. The number of aliphatic hydroxyl groups is 1. The molecule has 2 aromatic rings. The molecule has 17 heavy (non-hydrogen) atoms. The van der Waals surface area contributed by atoms with Crippen molar-refractivity contribution in [2.24, 2.45) is 0 Å². The summed E-state index contributed by atoms with van der Waals surface area (Å²) in [5.41, 5.74) is 2.33. The van der Waals surface area contributed by atoms with Crippen LogP contribution in [0.15, 0.2) is 42.5 Å². The summed E-state index contributed by atoms with van der Waals surface area (Å²) >= 11 is 0. The van der Waals surface area contributed by atoms with Crippen LogP contribution in [0.3, 0.4) is 0 Å². The fraction of sp³-hybridized carbons (Fsp3) is 0.143. The van der Waals surface area contributed by atoms with E-state index in [0.29, 0.717) is 0 Å². The lowest BCUT2D eigenvalue weighted by Gasteiger charge is -2.09. The quantitative estimate of drug-likeness (QED) is 0.881. The predicted octanol–water partition coefficient (Wildman–Crippen LogP) is 2.99. The van der Waals surface area contributed by atoms with Crippen molar-refractivity contribution in [3.63, 3.8) is 0 Å². The van der Waals surface area contributed by atoms with Crippen molar-refractivity contribution in [2.45, 2.75) is 6.61 Å². The van der Waals surface area contributed by atoms with Gasteiger partial charge in [0.2, 0.25) is 0 Å². The van der Waals surface area contributed by atoms with Gasteiger partial charge >= 0.3 is 0 Å². The lowest BCUT2D eigenvalue weighted by atomic mass is 10.00. The number of aliphatic hydroxyl groups excluding tert-OH is 1. The Morgan fingerprint density at radius 3 is 2.59 bits per heavy atom. The zero-order valence-corrected chi connectivity index (χ0v) is 9.48. The molecular formula is C14H13FO2. The number of ether oxygens (including phenoxy) is 1. The molecule has 0 atom stereocenters. The van der Waals surface area contributed by atoms with Gasteiger partial charge in [-0.15, -0.1) is 0 Å². The molecule has 0 saturated heterocycles.